The zero-order valence-electron chi connectivity index (χ0n) is 11.2. The summed E-state index contributed by atoms with van der Waals surface area (Å²) in [7, 11) is 0. The quantitative estimate of drug-likeness (QED) is 0.784. The van der Waals surface area contributed by atoms with Gasteiger partial charge in [0.2, 0.25) is 0 Å². The predicted molar refractivity (Wildman–Crippen MR) is 67.2 cm³/mol. The summed E-state index contributed by atoms with van der Waals surface area (Å²) < 4.78 is 6.25. The molecule has 0 aromatic carbocycles. The Morgan fingerprint density at radius 1 is 1.06 bits per heavy atom. The minimum Gasteiger partial charge on any atom is -0.374 e. The molecule has 2 N–H and O–H groups in total. The second-order valence-corrected chi connectivity index (χ2v) is 6.68. The van der Waals surface area contributed by atoms with Gasteiger partial charge in [-0.25, -0.2) is 0 Å². The molecule has 0 bridgehead atoms. The molecule has 0 spiro atoms. The van der Waals surface area contributed by atoms with E-state index in [1.165, 1.54) is 19.3 Å². The van der Waals surface area contributed by atoms with Crippen molar-refractivity contribution in [2.45, 2.75) is 71.6 Å². The van der Waals surface area contributed by atoms with Crippen LogP contribution in [0.1, 0.15) is 53.4 Å². The topological polar surface area (TPSA) is 35.2 Å². The Kier molecular flexibility index (Phi) is 3.33. The van der Waals surface area contributed by atoms with Crippen molar-refractivity contribution in [3.05, 3.63) is 0 Å². The largest absolute Gasteiger partial charge is 0.374 e. The second-order valence-electron chi connectivity index (χ2n) is 6.68. The van der Waals surface area contributed by atoms with Gasteiger partial charge in [-0.2, -0.15) is 0 Å². The highest BCUT2D eigenvalue weighted by molar-refractivity contribution is 5.01. The van der Waals surface area contributed by atoms with E-state index in [1.54, 1.807) is 0 Å². The molecule has 0 radical (unpaired) electrons. The summed E-state index contributed by atoms with van der Waals surface area (Å²) in [5.74, 6) is 1.69. The van der Waals surface area contributed by atoms with Gasteiger partial charge in [0.25, 0.3) is 0 Å². The molecule has 2 aliphatic rings. The molecule has 2 fully saturated rings. The summed E-state index contributed by atoms with van der Waals surface area (Å²) in [5, 5.41) is 0. The molecule has 0 heterocycles. The maximum Gasteiger partial charge on any atom is 0.0659 e. The molecule has 94 valence electrons. The number of hydrogen-bond acceptors (Lipinski definition) is 2. The van der Waals surface area contributed by atoms with Crippen molar-refractivity contribution < 1.29 is 4.74 Å². The summed E-state index contributed by atoms with van der Waals surface area (Å²) >= 11 is 0. The van der Waals surface area contributed by atoms with Gasteiger partial charge in [-0.1, -0.05) is 27.7 Å². The fraction of sp³-hybridized carbons (Fsp3) is 1.00. The summed E-state index contributed by atoms with van der Waals surface area (Å²) in [6.07, 6.45) is 5.74. The molecule has 2 aliphatic carbocycles. The van der Waals surface area contributed by atoms with E-state index in [4.69, 9.17) is 10.5 Å². The van der Waals surface area contributed by atoms with E-state index < -0.39 is 0 Å². The van der Waals surface area contributed by atoms with Crippen LogP contribution in [0.25, 0.3) is 0 Å². The van der Waals surface area contributed by atoms with Crippen LogP contribution in [0.5, 0.6) is 0 Å². The van der Waals surface area contributed by atoms with Gasteiger partial charge in [0.05, 0.1) is 12.2 Å². The Hall–Kier alpha value is -0.0800. The van der Waals surface area contributed by atoms with Crippen LogP contribution >= 0.6 is 0 Å². The predicted octanol–water partition coefficient (Wildman–Crippen LogP) is 2.95. The van der Waals surface area contributed by atoms with Gasteiger partial charge in [0.15, 0.2) is 0 Å². The molecule has 2 saturated carbocycles. The standard InChI is InChI=1S/C14H27NO/c1-9-5-6-11(7-10(9)2)16-13-8-12(15)14(13,3)4/h9-13H,5-8,15H2,1-4H3. The van der Waals surface area contributed by atoms with Crippen molar-refractivity contribution in [1.82, 2.24) is 0 Å². The molecule has 2 heteroatoms. The van der Waals surface area contributed by atoms with Crippen LogP contribution < -0.4 is 5.73 Å². The van der Waals surface area contributed by atoms with Crippen LogP contribution in [0.15, 0.2) is 0 Å². The Balaban J connectivity index is 1.83. The first-order valence-electron chi connectivity index (χ1n) is 6.82. The summed E-state index contributed by atoms with van der Waals surface area (Å²) in [6.45, 7) is 9.20. The Labute approximate surface area is 99.9 Å². The highest BCUT2D eigenvalue weighted by Crippen LogP contribution is 2.43. The van der Waals surface area contributed by atoms with E-state index in [0.29, 0.717) is 18.2 Å². The van der Waals surface area contributed by atoms with Gasteiger partial charge in [-0.15, -0.1) is 0 Å². The molecular weight excluding hydrogens is 198 g/mol. The molecule has 0 amide bonds. The average molecular weight is 225 g/mol. The minimum atomic E-state index is 0.187. The number of nitrogens with two attached hydrogens (primary N) is 1. The summed E-state index contributed by atoms with van der Waals surface area (Å²) in [6, 6.07) is 0.331. The van der Waals surface area contributed by atoms with Crippen LogP contribution in [0.2, 0.25) is 0 Å². The van der Waals surface area contributed by atoms with Crippen molar-refractivity contribution >= 4 is 0 Å². The van der Waals surface area contributed by atoms with Crippen LogP contribution in [0.4, 0.5) is 0 Å². The fourth-order valence-corrected chi connectivity index (χ4v) is 3.00. The van der Waals surface area contributed by atoms with E-state index in [2.05, 4.69) is 27.7 Å². The van der Waals surface area contributed by atoms with Crippen LogP contribution in [0, 0.1) is 17.3 Å². The third kappa shape index (κ3) is 2.14. The highest BCUT2D eigenvalue weighted by Gasteiger charge is 2.48. The Bertz CT molecular complexity index is 251. The zero-order chi connectivity index (χ0) is 11.9. The first kappa shape index (κ1) is 12.4. The number of hydrogen-bond donors (Lipinski definition) is 1. The average Bonchev–Trinajstić information content (AvgIpc) is 2.23. The molecule has 0 aromatic heterocycles. The monoisotopic (exact) mass is 225 g/mol. The summed E-state index contributed by atoms with van der Waals surface area (Å²) in [4.78, 5) is 0. The summed E-state index contributed by atoms with van der Waals surface area (Å²) in [5.41, 5.74) is 6.21. The molecule has 0 saturated heterocycles. The van der Waals surface area contributed by atoms with Gasteiger partial charge in [0.1, 0.15) is 0 Å². The molecular formula is C14H27NO. The third-order valence-corrected chi connectivity index (χ3v) is 5.16. The van der Waals surface area contributed by atoms with Crippen molar-refractivity contribution in [3.8, 4) is 0 Å². The lowest BCUT2D eigenvalue weighted by atomic mass is 9.65. The van der Waals surface area contributed by atoms with Gasteiger partial charge >= 0.3 is 0 Å². The lowest BCUT2D eigenvalue weighted by Gasteiger charge is -2.51. The molecule has 5 atom stereocenters. The first-order chi connectivity index (χ1) is 7.41. The maximum atomic E-state index is 6.25. The lowest BCUT2D eigenvalue weighted by molar-refractivity contribution is -0.152. The van der Waals surface area contributed by atoms with Crippen LogP contribution in [-0.4, -0.2) is 18.2 Å². The normalized spacial score (nSPS) is 47.4. The van der Waals surface area contributed by atoms with Crippen molar-refractivity contribution in [3.63, 3.8) is 0 Å². The van der Waals surface area contributed by atoms with E-state index in [-0.39, 0.29) is 5.41 Å². The van der Waals surface area contributed by atoms with Gasteiger partial charge in [-0.3, -0.25) is 0 Å². The Morgan fingerprint density at radius 3 is 2.25 bits per heavy atom. The highest BCUT2D eigenvalue weighted by atomic mass is 16.5. The van der Waals surface area contributed by atoms with Crippen molar-refractivity contribution in [2.24, 2.45) is 23.0 Å². The molecule has 16 heavy (non-hydrogen) atoms. The molecule has 5 unspecified atom stereocenters. The first-order valence-corrected chi connectivity index (χ1v) is 6.82. The van der Waals surface area contributed by atoms with Gasteiger partial charge in [0, 0.05) is 11.5 Å². The molecule has 2 nitrogen and oxygen atoms in total. The van der Waals surface area contributed by atoms with Crippen molar-refractivity contribution in [2.75, 3.05) is 0 Å². The van der Waals surface area contributed by atoms with E-state index in [9.17, 15) is 0 Å². The lowest BCUT2D eigenvalue weighted by Crippen LogP contribution is -2.60. The Morgan fingerprint density at radius 2 is 1.75 bits per heavy atom. The van der Waals surface area contributed by atoms with Gasteiger partial charge < -0.3 is 10.5 Å². The maximum absolute atomic E-state index is 6.25. The number of rotatable bonds is 2. The SMILES string of the molecule is CC1CCC(OC2CC(N)C2(C)C)CC1C. The zero-order valence-corrected chi connectivity index (χ0v) is 11.2. The van der Waals surface area contributed by atoms with Crippen LogP contribution in [0.3, 0.4) is 0 Å². The van der Waals surface area contributed by atoms with Gasteiger partial charge in [-0.05, 0) is 37.5 Å². The molecule has 2 rings (SSSR count). The smallest absolute Gasteiger partial charge is 0.0659 e. The van der Waals surface area contributed by atoms with E-state index in [1.807, 2.05) is 0 Å². The third-order valence-electron chi connectivity index (χ3n) is 5.16. The molecule has 0 aromatic rings. The minimum absolute atomic E-state index is 0.187. The van der Waals surface area contributed by atoms with Crippen molar-refractivity contribution in [1.29, 1.82) is 0 Å². The van der Waals surface area contributed by atoms with Crippen LogP contribution in [-0.2, 0) is 4.74 Å². The molecule has 0 aliphatic heterocycles. The van der Waals surface area contributed by atoms with E-state index >= 15 is 0 Å². The van der Waals surface area contributed by atoms with E-state index in [0.717, 1.165) is 18.3 Å². The second kappa shape index (κ2) is 4.30. The number of ether oxygens (including phenoxy) is 1. The fourth-order valence-electron chi connectivity index (χ4n) is 3.00.